The summed E-state index contributed by atoms with van der Waals surface area (Å²) in [5, 5.41) is 6.18. The van der Waals surface area contributed by atoms with Crippen LogP contribution in [0.15, 0.2) is 22.7 Å². The van der Waals surface area contributed by atoms with Gasteiger partial charge in [0.05, 0.1) is 5.56 Å². The van der Waals surface area contributed by atoms with E-state index < -0.39 is 5.82 Å². The lowest BCUT2D eigenvalue weighted by molar-refractivity contribution is 0.0909. The van der Waals surface area contributed by atoms with Crippen molar-refractivity contribution < 1.29 is 9.18 Å². The molecule has 1 amide bonds. The van der Waals surface area contributed by atoms with Crippen LogP contribution in [0.1, 0.15) is 23.7 Å². The van der Waals surface area contributed by atoms with E-state index in [-0.39, 0.29) is 29.9 Å². The molecule has 1 fully saturated rings. The third-order valence-corrected chi connectivity index (χ3v) is 3.95. The standard InChI is InChI=1S/C13H16BrFN2O.ClH/c1-8-7-16-6-5-11(8)17-13(18)12-9(14)3-2-4-10(12)15;/h2-4,8,11,16H,5-7H2,1H3,(H,17,18);1H. The van der Waals surface area contributed by atoms with E-state index in [1.807, 2.05) is 0 Å². The first-order valence-corrected chi connectivity index (χ1v) is 6.84. The second-order valence-corrected chi connectivity index (χ2v) is 5.50. The molecule has 1 aliphatic rings. The zero-order chi connectivity index (χ0) is 13.1. The van der Waals surface area contributed by atoms with Gasteiger partial charge in [-0.2, -0.15) is 0 Å². The number of piperidine rings is 1. The van der Waals surface area contributed by atoms with E-state index in [4.69, 9.17) is 0 Å². The monoisotopic (exact) mass is 350 g/mol. The topological polar surface area (TPSA) is 41.1 Å². The number of rotatable bonds is 2. The molecule has 106 valence electrons. The van der Waals surface area contributed by atoms with Crippen LogP contribution >= 0.6 is 28.3 Å². The van der Waals surface area contributed by atoms with Crippen LogP contribution in [0.5, 0.6) is 0 Å². The van der Waals surface area contributed by atoms with Crippen molar-refractivity contribution in [2.45, 2.75) is 19.4 Å². The summed E-state index contributed by atoms with van der Waals surface area (Å²) in [6.45, 7) is 3.84. The second kappa shape index (κ2) is 7.22. The summed E-state index contributed by atoms with van der Waals surface area (Å²) in [5.74, 6) is -0.490. The van der Waals surface area contributed by atoms with Gasteiger partial charge in [-0.3, -0.25) is 4.79 Å². The summed E-state index contributed by atoms with van der Waals surface area (Å²) in [5.41, 5.74) is 0.0863. The van der Waals surface area contributed by atoms with Gasteiger partial charge in [-0.15, -0.1) is 12.4 Å². The minimum atomic E-state index is -0.497. The van der Waals surface area contributed by atoms with Gasteiger partial charge in [0, 0.05) is 10.5 Å². The second-order valence-electron chi connectivity index (χ2n) is 4.65. The van der Waals surface area contributed by atoms with Gasteiger partial charge in [0.25, 0.3) is 5.91 Å². The Morgan fingerprint density at radius 1 is 1.53 bits per heavy atom. The van der Waals surface area contributed by atoms with Crippen molar-refractivity contribution in [3.05, 3.63) is 34.1 Å². The summed E-state index contributed by atoms with van der Waals surface area (Å²) in [4.78, 5) is 12.1. The maximum atomic E-state index is 13.6. The molecule has 1 aromatic rings. The van der Waals surface area contributed by atoms with Crippen molar-refractivity contribution in [1.29, 1.82) is 0 Å². The fourth-order valence-corrected chi connectivity index (χ4v) is 2.71. The third kappa shape index (κ3) is 3.91. The Morgan fingerprint density at radius 2 is 2.26 bits per heavy atom. The Bertz CT molecular complexity index is 438. The van der Waals surface area contributed by atoms with Crippen LogP contribution in [0.25, 0.3) is 0 Å². The van der Waals surface area contributed by atoms with Crippen molar-refractivity contribution in [2.24, 2.45) is 5.92 Å². The Hall–Kier alpha value is -0.650. The van der Waals surface area contributed by atoms with Gasteiger partial charge in [0.2, 0.25) is 0 Å². The molecule has 19 heavy (non-hydrogen) atoms. The summed E-state index contributed by atoms with van der Waals surface area (Å²) < 4.78 is 14.1. The van der Waals surface area contributed by atoms with E-state index in [9.17, 15) is 9.18 Å². The number of carbonyl (C=O) groups is 1. The molecule has 1 aliphatic heterocycles. The molecule has 0 radical (unpaired) electrons. The van der Waals surface area contributed by atoms with Crippen LogP contribution in [0.3, 0.4) is 0 Å². The fraction of sp³-hybridized carbons (Fsp3) is 0.462. The molecule has 2 rings (SSSR count). The highest BCUT2D eigenvalue weighted by Gasteiger charge is 2.25. The molecule has 2 unspecified atom stereocenters. The van der Waals surface area contributed by atoms with E-state index >= 15 is 0 Å². The molecule has 2 N–H and O–H groups in total. The third-order valence-electron chi connectivity index (χ3n) is 3.29. The minimum absolute atomic E-state index is 0. The molecule has 1 heterocycles. The SMILES string of the molecule is CC1CNCCC1NC(=O)c1c(F)cccc1Br.Cl. The van der Waals surface area contributed by atoms with Crippen LogP contribution in [0.2, 0.25) is 0 Å². The smallest absolute Gasteiger partial charge is 0.255 e. The van der Waals surface area contributed by atoms with E-state index in [1.54, 1.807) is 12.1 Å². The van der Waals surface area contributed by atoms with Crippen molar-refractivity contribution in [3.8, 4) is 0 Å². The molecule has 0 aromatic heterocycles. The van der Waals surface area contributed by atoms with Gasteiger partial charge in [-0.05, 0) is 53.5 Å². The fourth-order valence-electron chi connectivity index (χ4n) is 2.18. The number of benzene rings is 1. The Balaban J connectivity index is 0.00000180. The van der Waals surface area contributed by atoms with Gasteiger partial charge >= 0.3 is 0 Å². The number of halogens is 3. The molecule has 6 heteroatoms. The van der Waals surface area contributed by atoms with Gasteiger partial charge in [-0.1, -0.05) is 13.0 Å². The quantitative estimate of drug-likeness (QED) is 0.860. The first-order chi connectivity index (χ1) is 8.59. The zero-order valence-corrected chi connectivity index (χ0v) is 13.0. The lowest BCUT2D eigenvalue weighted by Gasteiger charge is -2.30. The number of amides is 1. The Labute approximate surface area is 126 Å². The molecule has 0 bridgehead atoms. The summed E-state index contributed by atoms with van der Waals surface area (Å²) >= 11 is 3.21. The Morgan fingerprint density at radius 3 is 2.89 bits per heavy atom. The number of carbonyl (C=O) groups excluding carboxylic acids is 1. The highest BCUT2D eigenvalue weighted by molar-refractivity contribution is 9.10. The Kier molecular flexibility index (Phi) is 6.23. The zero-order valence-electron chi connectivity index (χ0n) is 10.6. The molecule has 2 atom stereocenters. The molecule has 0 spiro atoms. The molecule has 3 nitrogen and oxygen atoms in total. The van der Waals surface area contributed by atoms with Gasteiger partial charge in [0.1, 0.15) is 5.82 Å². The average Bonchev–Trinajstić information content (AvgIpc) is 2.32. The van der Waals surface area contributed by atoms with Crippen molar-refractivity contribution in [1.82, 2.24) is 10.6 Å². The largest absolute Gasteiger partial charge is 0.349 e. The van der Waals surface area contributed by atoms with Gasteiger partial charge in [0.15, 0.2) is 0 Å². The van der Waals surface area contributed by atoms with Crippen molar-refractivity contribution in [3.63, 3.8) is 0 Å². The number of hydrogen-bond donors (Lipinski definition) is 2. The first-order valence-electron chi connectivity index (χ1n) is 6.05. The van der Waals surface area contributed by atoms with Crippen LogP contribution in [-0.4, -0.2) is 25.0 Å². The van der Waals surface area contributed by atoms with Crippen LogP contribution in [0.4, 0.5) is 4.39 Å². The first kappa shape index (κ1) is 16.4. The molecule has 0 saturated carbocycles. The molecule has 1 saturated heterocycles. The normalized spacial score (nSPS) is 22.5. The average molecular weight is 352 g/mol. The summed E-state index contributed by atoms with van der Waals surface area (Å²) in [6, 6.07) is 4.64. The molecule has 1 aromatic carbocycles. The van der Waals surface area contributed by atoms with Crippen molar-refractivity contribution in [2.75, 3.05) is 13.1 Å². The van der Waals surface area contributed by atoms with E-state index in [1.165, 1.54) is 6.07 Å². The maximum Gasteiger partial charge on any atom is 0.255 e. The number of nitrogens with one attached hydrogen (secondary N) is 2. The maximum absolute atomic E-state index is 13.6. The van der Waals surface area contributed by atoms with Crippen LogP contribution in [-0.2, 0) is 0 Å². The number of hydrogen-bond acceptors (Lipinski definition) is 2. The highest BCUT2D eigenvalue weighted by atomic mass is 79.9. The summed E-state index contributed by atoms with van der Waals surface area (Å²) in [6.07, 6.45) is 0.874. The predicted molar refractivity (Wildman–Crippen MR) is 79.3 cm³/mol. The van der Waals surface area contributed by atoms with Gasteiger partial charge in [-0.25, -0.2) is 4.39 Å². The van der Waals surface area contributed by atoms with Crippen LogP contribution in [0, 0.1) is 11.7 Å². The lowest BCUT2D eigenvalue weighted by Crippen LogP contribution is -2.48. The van der Waals surface area contributed by atoms with Crippen LogP contribution < -0.4 is 10.6 Å². The van der Waals surface area contributed by atoms with Gasteiger partial charge < -0.3 is 10.6 Å². The predicted octanol–water partition coefficient (Wildman–Crippen LogP) is 2.74. The van der Waals surface area contributed by atoms with E-state index in [2.05, 4.69) is 33.5 Å². The van der Waals surface area contributed by atoms with E-state index in [0.717, 1.165) is 19.5 Å². The van der Waals surface area contributed by atoms with E-state index in [0.29, 0.717) is 10.4 Å². The lowest BCUT2D eigenvalue weighted by atomic mass is 9.95. The molecule has 0 aliphatic carbocycles. The molecular weight excluding hydrogens is 335 g/mol. The summed E-state index contributed by atoms with van der Waals surface area (Å²) in [7, 11) is 0. The molecular formula is C13H17BrClFN2O. The van der Waals surface area contributed by atoms with Crippen molar-refractivity contribution >= 4 is 34.2 Å². The minimum Gasteiger partial charge on any atom is -0.349 e. The highest BCUT2D eigenvalue weighted by Crippen LogP contribution is 2.20.